The topological polar surface area (TPSA) is 440 Å². The molecule has 0 bridgehead atoms. The van der Waals surface area contributed by atoms with E-state index in [0.29, 0.717) is 18.7 Å². The Morgan fingerprint density at radius 2 is 0.972 bits per heavy atom. The third-order valence-corrected chi connectivity index (χ3v) is 12.8. The molecule has 0 aromatic heterocycles. The van der Waals surface area contributed by atoms with Gasteiger partial charge in [-0.2, -0.15) is 0 Å². The monoisotopic (exact) mass is 1030 g/mol. The van der Waals surface area contributed by atoms with Crippen molar-refractivity contribution in [1.29, 1.82) is 0 Å². The Bertz CT molecular complexity index is 1730. The van der Waals surface area contributed by atoms with Crippen LogP contribution in [0, 0.1) is 0 Å². The van der Waals surface area contributed by atoms with Gasteiger partial charge in [-0.1, -0.05) is 18.2 Å². The Hall–Kier alpha value is -2.51. The Kier molecular flexibility index (Phi) is 21.8. The molecule has 28 heteroatoms. The Balaban J connectivity index is 1.18. The van der Waals surface area contributed by atoms with Crippen LogP contribution in [0.25, 0.3) is 0 Å². The molecule has 1 amide bonds. The van der Waals surface area contributed by atoms with E-state index in [9.17, 15) is 76.3 Å². The maximum absolute atomic E-state index is 12.6. The third-order valence-electron chi connectivity index (χ3n) is 12.8. The van der Waals surface area contributed by atoms with Crippen molar-refractivity contribution in [3.63, 3.8) is 0 Å². The van der Waals surface area contributed by atoms with E-state index < -0.39 is 186 Å². The van der Waals surface area contributed by atoms with E-state index in [1.54, 1.807) is 30.3 Å². The largest absolute Gasteiger partial charge is 0.491 e. The van der Waals surface area contributed by atoms with Gasteiger partial charge in [0.05, 0.1) is 26.4 Å². The summed E-state index contributed by atoms with van der Waals surface area (Å²) in [6, 6.07) is 6.83. The van der Waals surface area contributed by atoms with Crippen molar-refractivity contribution in [2.45, 2.75) is 180 Å². The van der Waals surface area contributed by atoms with Crippen molar-refractivity contribution in [1.82, 2.24) is 5.32 Å². The molecule has 0 aliphatic carbocycles. The van der Waals surface area contributed by atoms with Crippen molar-refractivity contribution in [3.05, 3.63) is 30.3 Å². The van der Waals surface area contributed by atoms with Gasteiger partial charge in [0.1, 0.15) is 134 Å². The van der Waals surface area contributed by atoms with Crippen LogP contribution in [0.3, 0.4) is 0 Å². The second-order valence-electron chi connectivity index (χ2n) is 17.8. The van der Waals surface area contributed by atoms with Crippen LogP contribution < -0.4 is 15.8 Å². The minimum absolute atomic E-state index is 0.150. The highest BCUT2D eigenvalue weighted by Crippen LogP contribution is 2.36. The van der Waals surface area contributed by atoms with Crippen molar-refractivity contribution >= 4 is 5.91 Å². The van der Waals surface area contributed by atoms with Crippen molar-refractivity contribution in [2.75, 3.05) is 46.2 Å². The third kappa shape index (κ3) is 13.7. The van der Waals surface area contributed by atoms with E-state index >= 15 is 0 Å². The highest BCUT2D eigenvalue weighted by atomic mass is 16.8. The lowest BCUT2D eigenvalue weighted by molar-refractivity contribution is -0.388. The van der Waals surface area contributed by atoms with Gasteiger partial charge in [-0.3, -0.25) is 4.79 Å². The summed E-state index contributed by atoms with van der Waals surface area (Å²) in [5.41, 5.74) is 5.57. The SMILES string of the molecule is CC(=O)NC1C(OC2C(O)C(CO)OC(OC3C(CO)OC(OC4C(COc5ccccc5)OC(OCCCCCN)C(O)C4O)C(O)C3O)C2O)OC(CO)C(O)C1OC1OC(CO)C(O)C(O)C1O. The number of rotatable bonds is 22. The van der Waals surface area contributed by atoms with E-state index in [4.69, 9.17) is 57.8 Å². The standard InChI is InChI=1S/C43H70N2O26/c1-17(50)45-24-37(70-41-31(57)28(54)25(51)19(12-46)64-41)26(52)20(13-47)63-39(24)71-38-27(53)21(14-48)65-43(34(38)60)68-35-22(15-49)66-42(33(59)30(35)56)69-36-23(16-62-18-8-4-2-5-9-18)67-40(32(58)29(36)55)61-11-7-3-6-10-44/h2,4-5,8-9,19-43,46-49,51-60H,3,6-7,10-16,44H2,1H3,(H,45,50). The molecule has 5 aliphatic heterocycles. The molecule has 71 heavy (non-hydrogen) atoms. The van der Waals surface area contributed by atoms with Crippen molar-refractivity contribution in [3.8, 4) is 5.75 Å². The lowest BCUT2D eigenvalue weighted by atomic mass is 9.94. The van der Waals surface area contributed by atoms with Crippen molar-refractivity contribution < 1.29 is 128 Å². The average Bonchev–Trinajstić information content (AvgIpc) is 3.36. The molecule has 0 radical (unpaired) electrons. The molecule has 5 saturated heterocycles. The molecule has 17 N–H and O–H groups in total. The van der Waals surface area contributed by atoms with E-state index in [-0.39, 0.29) is 13.2 Å². The molecule has 5 fully saturated rings. The molecular weight excluding hydrogens is 960 g/mol. The second kappa shape index (κ2) is 26.8. The molecule has 28 nitrogen and oxygen atoms in total. The minimum atomic E-state index is -2.14. The molecule has 0 spiro atoms. The lowest BCUT2D eigenvalue weighted by Crippen LogP contribution is -2.70. The van der Waals surface area contributed by atoms with Crippen LogP contribution in [0.15, 0.2) is 30.3 Å². The van der Waals surface area contributed by atoms with Crippen LogP contribution in [0.2, 0.25) is 0 Å². The Labute approximate surface area is 406 Å². The fraction of sp³-hybridized carbons (Fsp3) is 0.837. The first-order valence-electron chi connectivity index (χ1n) is 23.4. The maximum Gasteiger partial charge on any atom is 0.217 e. The molecule has 1 aromatic rings. The van der Waals surface area contributed by atoms with Gasteiger partial charge >= 0.3 is 0 Å². The number of nitrogens with one attached hydrogen (secondary N) is 1. The summed E-state index contributed by atoms with van der Waals surface area (Å²) in [5, 5.41) is 154. The number of ether oxygens (including phenoxy) is 11. The van der Waals surface area contributed by atoms with Gasteiger partial charge in [0, 0.05) is 13.5 Å². The van der Waals surface area contributed by atoms with Gasteiger partial charge in [-0.25, -0.2) is 0 Å². The summed E-state index contributed by atoms with van der Waals surface area (Å²) >= 11 is 0. The number of aliphatic hydroxyl groups is 14. The number of amides is 1. The van der Waals surface area contributed by atoms with Crippen LogP contribution in [0.5, 0.6) is 5.75 Å². The molecule has 408 valence electrons. The number of hydrogen-bond donors (Lipinski definition) is 16. The maximum atomic E-state index is 12.6. The molecule has 25 unspecified atom stereocenters. The molecule has 6 rings (SSSR count). The number of benzene rings is 1. The van der Waals surface area contributed by atoms with Gasteiger partial charge in [0.2, 0.25) is 5.91 Å². The van der Waals surface area contributed by atoms with Crippen LogP contribution in [-0.4, -0.2) is 277 Å². The van der Waals surface area contributed by atoms with Gasteiger partial charge < -0.3 is 135 Å². The van der Waals surface area contributed by atoms with Gasteiger partial charge in [0.25, 0.3) is 0 Å². The predicted molar refractivity (Wildman–Crippen MR) is 230 cm³/mol. The summed E-state index contributed by atoms with van der Waals surface area (Å²) in [5.74, 6) is -0.387. The van der Waals surface area contributed by atoms with E-state index in [1.807, 2.05) is 0 Å². The number of para-hydroxylation sites is 1. The quantitative estimate of drug-likeness (QED) is 0.0480. The number of carbonyl (C=O) groups is 1. The zero-order chi connectivity index (χ0) is 51.7. The molecule has 5 aliphatic rings. The number of hydrogen-bond acceptors (Lipinski definition) is 27. The van der Waals surface area contributed by atoms with Crippen LogP contribution in [0.1, 0.15) is 26.2 Å². The van der Waals surface area contributed by atoms with Gasteiger partial charge in [0.15, 0.2) is 31.5 Å². The zero-order valence-corrected chi connectivity index (χ0v) is 38.6. The number of unbranched alkanes of at least 4 members (excludes halogenated alkanes) is 2. The smallest absolute Gasteiger partial charge is 0.217 e. The molecule has 25 atom stereocenters. The minimum Gasteiger partial charge on any atom is -0.491 e. The highest BCUT2D eigenvalue weighted by molar-refractivity contribution is 5.73. The van der Waals surface area contributed by atoms with E-state index in [1.165, 1.54) is 0 Å². The summed E-state index contributed by atoms with van der Waals surface area (Å²) in [7, 11) is 0. The summed E-state index contributed by atoms with van der Waals surface area (Å²) in [4.78, 5) is 12.6. The van der Waals surface area contributed by atoms with E-state index in [2.05, 4.69) is 5.32 Å². The second-order valence-corrected chi connectivity index (χ2v) is 17.8. The number of nitrogens with two attached hydrogens (primary N) is 1. The molecule has 0 saturated carbocycles. The number of carbonyl (C=O) groups excluding carboxylic acids is 1. The van der Waals surface area contributed by atoms with Crippen LogP contribution >= 0.6 is 0 Å². The first kappa shape index (κ1) is 57.8. The molecular formula is C43H70N2O26. The summed E-state index contributed by atoms with van der Waals surface area (Å²) in [6.45, 7) is -2.32. The van der Waals surface area contributed by atoms with E-state index in [0.717, 1.165) is 19.8 Å². The first-order valence-corrected chi connectivity index (χ1v) is 23.4. The lowest BCUT2D eigenvalue weighted by Gasteiger charge is -2.50. The highest BCUT2D eigenvalue weighted by Gasteiger charge is 2.57. The number of aliphatic hydroxyl groups excluding tert-OH is 14. The van der Waals surface area contributed by atoms with Crippen LogP contribution in [0.4, 0.5) is 0 Å². The average molecular weight is 1030 g/mol. The van der Waals surface area contributed by atoms with Gasteiger partial charge in [-0.15, -0.1) is 0 Å². The van der Waals surface area contributed by atoms with Crippen LogP contribution in [-0.2, 0) is 52.2 Å². The Morgan fingerprint density at radius 3 is 1.55 bits per heavy atom. The Morgan fingerprint density at radius 1 is 0.507 bits per heavy atom. The summed E-state index contributed by atoms with van der Waals surface area (Å²) in [6.07, 6.45) is -40.9. The molecule has 1 aromatic carbocycles. The fourth-order valence-corrected chi connectivity index (χ4v) is 8.86. The normalized spacial score (nSPS) is 44.3. The van der Waals surface area contributed by atoms with Crippen molar-refractivity contribution in [2.24, 2.45) is 5.73 Å². The predicted octanol–water partition coefficient (Wildman–Crippen LogP) is -8.54. The summed E-state index contributed by atoms with van der Waals surface area (Å²) < 4.78 is 64.1. The zero-order valence-electron chi connectivity index (χ0n) is 38.6. The fourth-order valence-electron chi connectivity index (χ4n) is 8.86. The first-order chi connectivity index (χ1) is 34.0. The van der Waals surface area contributed by atoms with Gasteiger partial charge in [-0.05, 0) is 37.9 Å². The molecule has 5 heterocycles.